The molecule has 2 aromatic heterocycles. The third-order valence-corrected chi connectivity index (χ3v) is 15.8. The van der Waals surface area contributed by atoms with Crippen molar-refractivity contribution < 1.29 is 4.42 Å². The Morgan fingerprint density at radius 2 is 0.857 bits per heavy atom. The van der Waals surface area contributed by atoms with Gasteiger partial charge in [0.15, 0.2) is 0 Å². The zero-order valence-electron chi connectivity index (χ0n) is 38.1. The number of nitrogens with zero attached hydrogens (tertiary/aromatic N) is 1. The Balaban J connectivity index is 0.904. The Morgan fingerprint density at radius 1 is 0.343 bits per heavy atom. The first-order valence-corrected chi connectivity index (χ1v) is 24.8. The lowest BCUT2D eigenvalue weighted by atomic mass is 9.68. The van der Waals surface area contributed by atoms with Crippen molar-refractivity contribution in [3.63, 3.8) is 0 Å². The molecule has 0 fully saturated rings. The first kappa shape index (κ1) is 40.3. The van der Waals surface area contributed by atoms with Crippen molar-refractivity contribution in [1.82, 2.24) is 0 Å². The maximum absolute atomic E-state index is 6.13. The van der Waals surface area contributed by atoms with Crippen LogP contribution in [0.3, 0.4) is 0 Å². The minimum absolute atomic E-state index is 0.517. The molecule has 3 heteroatoms. The lowest BCUT2D eigenvalue weighted by Crippen LogP contribution is -2.28. The molecule has 0 N–H and O–H groups in total. The van der Waals surface area contributed by atoms with Crippen LogP contribution in [0.5, 0.6) is 0 Å². The Hall–Kier alpha value is -8.76. The summed E-state index contributed by atoms with van der Waals surface area (Å²) in [5.74, 6) is 0. The minimum Gasteiger partial charge on any atom is -0.456 e. The van der Waals surface area contributed by atoms with Gasteiger partial charge >= 0.3 is 0 Å². The summed E-state index contributed by atoms with van der Waals surface area (Å²) >= 11 is 1.88. The number of anilines is 3. The molecular weight excluding hydrogens is 867 g/mol. The minimum atomic E-state index is -0.517. The summed E-state index contributed by atoms with van der Waals surface area (Å²) in [6.45, 7) is 0. The molecule has 13 aromatic rings. The van der Waals surface area contributed by atoms with Crippen molar-refractivity contribution in [3.05, 3.63) is 283 Å². The molecular formula is C67H43NOS. The van der Waals surface area contributed by atoms with Crippen LogP contribution in [0.4, 0.5) is 17.1 Å². The van der Waals surface area contributed by atoms with E-state index in [0.29, 0.717) is 0 Å². The molecule has 1 aliphatic carbocycles. The average Bonchev–Trinajstić information content (AvgIpc) is 4.11. The molecule has 0 radical (unpaired) electrons. The van der Waals surface area contributed by atoms with Gasteiger partial charge in [0, 0.05) is 47.9 Å². The number of fused-ring (bicyclic) bond motifs is 9. The van der Waals surface area contributed by atoms with Gasteiger partial charge in [-0.15, -0.1) is 11.3 Å². The number of benzene rings is 11. The standard InChI is InChI=1S/C67H43NOS/c1-3-15-49(16-4-1)67(50-17-5-2-6-18-50)59-24-10-7-21-57(59)65-60(67)25-14-26-61(65)68(52-40-35-47(36-41-52)53-22-13-23-56-55-20-9-12-28-64(55)70-66(53)56)51-38-33-45(34-39-51)44-29-31-46(32-30-44)48-37-42-63-58(43-48)54-19-8-11-27-62(54)69-63/h1-43H. The van der Waals surface area contributed by atoms with Gasteiger partial charge in [0.2, 0.25) is 0 Å². The van der Waals surface area contributed by atoms with E-state index in [9.17, 15) is 0 Å². The molecule has 0 spiro atoms. The molecule has 1 aliphatic rings. The van der Waals surface area contributed by atoms with Gasteiger partial charge in [0.05, 0.1) is 11.1 Å². The molecule has 0 atom stereocenters. The van der Waals surface area contributed by atoms with Crippen molar-refractivity contribution >= 4 is 70.5 Å². The molecule has 0 saturated heterocycles. The van der Waals surface area contributed by atoms with Crippen molar-refractivity contribution in [2.75, 3.05) is 4.90 Å². The topological polar surface area (TPSA) is 16.4 Å². The van der Waals surface area contributed by atoms with Crippen LogP contribution in [0, 0.1) is 0 Å². The number of hydrogen-bond acceptors (Lipinski definition) is 3. The van der Waals surface area contributed by atoms with E-state index in [1.807, 2.05) is 23.5 Å². The zero-order valence-corrected chi connectivity index (χ0v) is 38.9. The molecule has 2 heterocycles. The van der Waals surface area contributed by atoms with Crippen LogP contribution in [-0.2, 0) is 5.41 Å². The van der Waals surface area contributed by atoms with E-state index < -0.39 is 5.41 Å². The molecule has 14 rings (SSSR count). The smallest absolute Gasteiger partial charge is 0.135 e. The van der Waals surface area contributed by atoms with E-state index in [4.69, 9.17) is 4.42 Å². The normalized spacial score (nSPS) is 12.7. The average molecular weight is 910 g/mol. The Labute approximate surface area is 410 Å². The molecule has 0 bridgehead atoms. The second-order valence-electron chi connectivity index (χ2n) is 18.3. The van der Waals surface area contributed by atoms with E-state index in [1.54, 1.807) is 0 Å². The van der Waals surface area contributed by atoms with Crippen molar-refractivity contribution in [2.24, 2.45) is 0 Å². The Bertz CT molecular complexity index is 4050. The maximum Gasteiger partial charge on any atom is 0.135 e. The van der Waals surface area contributed by atoms with Crippen LogP contribution in [-0.4, -0.2) is 0 Å². The van der Waals surface area contributed by atoms with Crippen molar-refractivity contribution in [2.45, 2.75) is 5.41 Å². The van der Waals surface area contributed by atoms with Crippen molar-refractivity contribution in [1.29, 1.82) is 0 Å². The number of para-hydroxylation sites is 1. The summed E-state index contributed by atoms with van der Waals surface area (Å²) < 4.78 is 8.76. The van der Waals surface area contributed by atoms with Gasteiger partial charge in [-0.3, -0.25) is 0 Å². The molecule has 2 nitrogen and oxygen atoms in total. The van der Waals surface area contributed by atoms with Crippen LogP contribution in [0.15, 0.2) is 265 Å². The quantitative estimate of drug-likeness (QED) is 0.151. The lowest BCUT2D eigenvalue weighted by molar-refractivity contribution is 0.669. The SMILES string of the molecule is c1ccc(C2(c3ccccc3)c3ccccc3-c3c(N(c4ccc(-c5ccc(-c6ccc7oc8ccccc8c7c6)cc5)cc4)c4ccc(-c5cccc6c5sc5ccccc56)cc4)cccc32)cc1. The van der Waals surface area contributed by atoms with Gasteiger partial charge in [-0.05, 0) is 116 Å². The third kappa shape index (κ3) is 6.25. The molecule has 0 saturated carbocycles. The fourth-order valence-electron chi connectivity index (χ4n) is 11.4. The molecule has 328 valence electrons. The summed E-state index contributed by atoms with van der Waals surface area (Å²) in [7, 11) is 0. The van der Waals surface area contributed by atoms with E-state index in [-0.39, 0.29) is 0 Å². The lowest BCUT2D eigenvalue weighted by Gasteiger charge is -2.34. The largest absolute Gasteiger partial charge is 0.456 e. The summed E-state index contributed by atoms with van der Waals surface area (Å²) in [5, 5.41) is 4.90. The monoisotopic (exact) mass is 909 g/mol. The summed E-state index contributed by atoms with van der Waals surface area (Å²) in [4.78, 5) is 2.47. The third-order valence-electron chi connectivity index (χ3n) is 14.6. The highest BCUT2D eigenvalue weighted by atomic mass is 32.1. The van der Waals surface area contributed by atoms with Crippen LogP contribution in [0.2, 0.25) is 0 Å². The van der Waals surface area contributed by atoms with Crippen LogP contribution in [0.1, 0.15) is 22.3 Å². The first-order chi connectivity index (χ1) is 34.7. The molecule has 70 heavy (non-hydrogen) atoms. The predicted molar refractivity (Wildman–Crippen MR) is 295 cm³/mol. The molecule has 0 amide bonds. The summed E-state index contributed by atoms with van der Waals surface area (Å²) in [6, 6.07) is 95.6. The highest BCUT2D eigenvalue weighted by molar-refractivity contribution is 7.26. The van der Waals surface area contributed by atoms with Gasteiger partial charge < -0.3 is 9.32 Å². The zero-order chi connectivity index (χ0) is 46.2. The maximum atomic E-state index is 6.13. The van der Waals surface area contributed by atoms with E-state index >= 15 is 0 Å². The molecule has 0 unspecified atom stereocenters. The Morgan fingerprint density at radius 3 is 1.59 bits per heavy atom. The van der Waals surface area contributed by atoms with Gasteiger partial charge in [-0.2, -0.15) is 0 Å². The van der Waals surface area contributed by atoms with E-state index in [1.165, 1.54) is 81.4 Å². The summed E-state index contributed by atoms with van der Waals surface area (Å²) in [5.41, 5.74) is 19.3. The van der Waals surface area contributed by atoms with Gasteiger partial charge in [0.1, 0.15) is 11.2 Å². The molecule has 11 aromatic carbocycles. The van der Waals surface area contributed by atoms with Gasteiger partial charge in [0.25, 0.3) is 0 Å². The van der Waals surface area contributed by atoms with E-state index in [0.717, 1.165) is 44.6 Å². The summed E-state index contributed by atoms with van der Waals surface area (Å²) in [6.07, 6.45) is 0. The second-order valence-corrected chi connectivity index (χ2v) is 19.4. The van der Waals surface area contributed by atoms with Crippen LogP contribution in [0.25, 0.3) is 86.6 Å². The fourth-order valence-corrected chi connectivity index (χ4v) is 12.7. The number of furan rings is 1. The number of thiophene rings is 1. The van der Waals surface area contributed by atoms with Crippen molar-refractivity contribution in [3.8, 4) is 44.5 Å². The van der Waals surface area contributed by atoms with Crippen LogP contribution >= 0.6 is 11.3 Å². The highest BCUT2D eigenvalue weighted by Gasteiger charge is 2.47. The molecule has 0 aliphatic heterocycles. The Kier molecular flexibility index (Phi) is 9.33. The van der Waals surface area contributed by atoms with Gasteiger partial charge in [-0.1, -0.05) is 206 Å². The highest BCUT2D eigenvalue weighted by Crippen LogP contribution is 2.59. The number of hydrogen-bond donors (Lipinski definition) is 0. The number of rotatable bonds is 8. The first-order valence-electron chi connectivity index (χ1n) is 24.0. The van der Waals surface area contributed by atoms with E-state index in [2.05, 4.69) is 254 Å². The van der Waals surface area contributed by atoms with Gasteiger partial charge in [-0.25, -0.2) is 0 Å². The predicted octanol–water partition coefficient (Wildman–Crippen LogP) is 18.8. The second kappa shape index (κ2) is 16.2. The fraction of sp³-hybridized carbons (Fsp3) is 0.0149. The van der Waals surface area contributed by atoms with Crippen LogP contribution < -0.4 is 4.90 Å².